The Kier molecular flexibility index (Phi) is 9.10. The summed E-state index contributed by atoms with van der Waals surface area (Å²) in [4.78, 5) is 49.5. The number of anilines is 2. The number of rotatable bonds is 7. The van der Waals surface area contributed by atoms with E-state index in [0.717, 1.165) is 65.1 Å². The number of pyridine rings is 2. The minimum atomic E-state index is -2.97. The number of halogens is 4. The normalized spacial score (nSPS) is 19.7. The lowest BCUT2D eigenvalue weighted by Gasteiger charge is -2.36. The van der Waals surface area contributed by atoms with Crippen molar-refractivity contribution in [2.75, 3.05) is 32.1 Å². The number of likely N-dealkylation sites (tertiary alicyclic amines) is 1. The number of carbonyl (C=O) groups is 1. The summed E-state index contributed by atoms with van der Waals surface area (Å²) in [7, 11) is 4.32. The van der Waals surface area contributed by atoms with Gasteiger partial charge < -0.3 is 20.7 Å². The van der Waals surface area contributed by atoms with Crippen LogP contribution in [0.15, 0.2) is 58.1 Å². The summed E-state index contributed by atoms with van der Waals surface area (Å²) in [5, 5.41) is 9.56. The highest BCUT2D eigenvalue weighted by Crippen LogP contribution is 2.47. The van der Waals surface area contributed by atoms with Gasteiger partial charge in [0.15, 0.2) is 0 Å². The molecule has 2 aliphatic heterocycles. The third kappa shape index (κ3) is 5.96. The van der Waals surface area contributed by atoms with Crippen molar-refractivity contribution in [1.29, 1.82) is 0 Å². The molecule has 2 fully saturated rings. The van der Waals surface area contributed by atoms with Crippen molar-refractivity contribution in [3.63, 3.8) is 0 Å². The van der Waals surface area contributed by atoms with Crippen LogP contribution in [0.5, 0.6) is 5.88 Å². The molecule has 0 saturated carbocycles. The van der Waals surface area contributed by atoms with Crippen LogP contribution in [0.3, 0.4) is 0 Å². The van der Waals surface area contributed by atoms with Crippen LogP contribution in [0.2, 0.25) is 10.0 Å². The molecule has 3 aliphatic rings. The first-order chi connectivity index (χ1) is 25.9. The lowest BCUT2D eigenvalue weighted by Crippen LogP contribution is -2.59. The lowest BCUT2D eigenvalue weighted by atomic mass is 9.93. The molecule has 3 N–H and O–H groups in total. The van der Waals surface area contributed by atoms with Crippen LogP contribution in [-0.2, 0) is 20.5 Å². The lowest BCUT2D eigenvalue weighted by molar-refractivity contribution is 0.146. The maximum Gasteiger partial charge on any atom is 0.330 e. The molecule has 2 aromatic carbocycles. The fraction of sp³-hybridized carbons (Fsp3) is 0.342. The van der Waals surface area contributed by atoms with Crippen molar-refractivity contribution >= 4 is 51.6 Å². The van der Waals surface area contributed by atoms with Gasteiger partial charge in [0.25, 0.3) is 12.0 Å². The first-order valence-electron chi connectivity index (χ1n) is 17.5. The minimum absolute atomic E-state index is 0.00198. The van der Waals surface area contributed by atoms with Gasteiger partial charge in [0.2, 0.25) is 5.88 Å². The van der Waals surface area contributed by atoms with Crippen molar-refractivity contribution in [3.05, 3.63) is 96.2 Å². The Morgan fingerprint density at radius 1 is 0.981 bits per heavy atom. The number of nitrogens with zero attached hydrogens (tertiary/aromatic N) is 5. The van der Waals surface area contributed by atoms with Gasteiger partial charge in [-0.05, 0) is 49.4 Å². The molecule has 54 heavy (non-hydrogen) atoms. The number of urea groups is 1. The number of nitrogens with one attached hydrogen (secondary N) is 3. The Morgan fingerprint density at radius 2 is 1.72 bits per heavy atom. The molecule has 12 nitrogen and oxygen atoms in total. The number of fused-ring (bicyclic) bond motifs is 2. The fourth-order valence-electron chi connectivity index (χ4n) is 8.19. The van der Waals surface area contributed by atoms with Gasteiger partial charge in [-0.1, -0.05) is 53.5 Å². The number of carbonyl (C=O) groups excluding carboxylic acids is 1. The van der Waals surface area contributed by atoms with Crippen LogP contribution in [-0.4, -0.2) is 62.3 Å². The molecule has 5 heterocycles. The number of hydrogen-bond donors (Lipinski definition) is 3. The van der Waals surface area contributed by atoms with Crippen LogP contribution >= 0.6 is 23.2 Å². The second kappa shape index (κ2) is 13.7. The molecule has 0 radical (unpaired) electrons. The molecule has 2 atom stereocenters. The van der Waals surface area contributed by atoms with Crippen LogP contribution in [0.1, 0.15) is 48.6 Å². The second-order valence-corrected chi connectivity index (χ2v) is 14.8. The van der Waals surface area contributed by atoms with E-state index in [1.54, 1.807) is 25.3 Å². The van der Waals surface area contributed by atoms with Gasteiger partial charge in [-0.15, -0.1) is 0 Å². The zero-order chi connectivity index (χ0) is 38.1. The van der Waals surface area contributed by atoms with E-state index < -0.39 is 23.4 Å². The smallest absolute Gasteiger partial charge is 0.330 e. The third-order valence-corrected chi connectivity index (χ3v) is 11.7. The van der Waals surface area contributed by atoms with Crippen LogP contribution in [0, 0.1) is 0 Å². The molecule has 3 aromatic heterocycles. The molecule has 2 saturated heterocycles. The Bertz CT molecular complexity index is 2490. The predicted molar refractivity (Wildman–Crippen MR) is 203 cm³/mol. The van der Waals surface area contributed by atoms with Gasteiger partial charge in [0, 0.05) is 62.0 Å². The average Bonchev–Trinajstić information content (AvgIpc) is 3.77. The molecule has 2 amide bonds. The Morgan fingerprint density at radius 3 is 2.46 bits per heavy atom. The van der Waals surface area contributed by atoms with E-state index in [2.05, 4.69) is 31.9 Å². The second-order valence-electron chi connectivity index (χ2n) is 14.0. The van der Waals surface area contributed by atoms with E-state index in [1.807, 2.05) is 18.2 Å². The van der Waals surface area contributed by atoms with Crippen LogP contribution in [0.4, 0.5) is 25.1 Å². The highest BCUT2D eigenvalue weighted by molar-refractivity contribution is 6.39. The van der Waals surface area contributed by atoms with Crippen molar-refractivity contribution in [3.8, 4) is 28.3 Å². The van der Waals surface area contributed by atoms with Crippen LogP contribution in [0.25, 0.3) is 33.3 Å². The van der Waals surface area contributed by atoms with Crippen molar-refractivity contribution in [2.24, 2.45) is 14.1 Å². The summed E-state index contributed by atoms with van der Waals surface area (Å²) in [6.45, 7) is 2.28. The zero-order valence-corrected chi connectivity index (χ0v) is 31.1. The fourth-order valence-corrected chi connectivity index (χ4v) is 8.79. The average molecular weight is 778 g/mol. The highest BCUT2D eigenvalue weighted by Gasteiger charge is 2.45. The van der Waals surface area contributed by atoms with E-state index in [1.165, 1.54) is 14.1 Å². The molecule has 16 heteroatoms. The van der Waals surface area contributed by atoms with Gasteiger partial charge >= 0.3 is 11.7 Å². The minimum Gasteiger partial charge on any atom is -0.481 e. The molecule has 0 unspecified atom stereocenters. The Labute approximate surface area is 318 Å². The summed E-state index contributed by atoms with van der Waals surface area (Å²) in [6.07, 6.45) is 0.520. The quantitative estimate of drug-likeness (QED) is 0.171. The van der Waals surface area contributed by atoms with E-state index in [-0.39, 0.29) is 45.0 Å². The maximum absolute atomic E-state index is 14.0. The SMILES string of the molecule is COc1nc(-c2cccc(-c3cccc(Nc4nc(C(F)F)cc5c4c(=O)n(C)c(=O)n5C)c3Cl)c2Cl)cc2c1[C@@H](N1CC[C@]3(CCNC(=O)N3)C1)CC2. The number of aromatic nitrogens is 4. The van der Waals surface area contributed by atoms with Gasteiger partial charge in [-0.25, -0.2) is 28.3 Å². The number of amides is 2. The molecule has 1 aliphatic carbocycles. The Hall–Kier alpha value is -5.05. The van der Waals surface area contributed by atoms with Crippen molar-refractivity contribution in [1.82, 2.24) is 34.6 Å². The van der Waals surface area contributed by atoms with Crippen molar-refractivity contribution in [2.45, 2.75) is 43.7 Å². The number of methoxy groups -OCH3 is 1. The molecule has 280 valence electrons. The number of hydrogen-bond acceptors (Lipinski definition) is 8. The molecular formula is C38H36Cl2F2N8O4. The van der Waals surface area contributed by atoms with Gasteiger partial charge in [-0.2, -0.15) is 0 Å². The first kappa shape index (κ1) is 36.0. The van der Waals surface area contributed by atoms with Crippen molar-refractivity contribution < 1.29 is 18.3 Å². The number of aryl methyl sites for hydroxylation is 2. The monoisotopic (exact) mass is 776 g/mol. The van der Waals surface area contributed by atoms with Crippen LogP contribution < -0.4 is 31.9 Å². The first-order valence-corrected chi connectivity index (χ1v) is 18.3. The summed E-state index contributed by atoms with van der Waals surface area (Å²) in [6, 6.07) is 13.7. The maximum atomic E-state index is 14.0. The van der Waals surface area contributed by atoms with Gasteiger partial charge in [-0.3, -0.25) is 18.8 Å². The topological polar surface area (TPSA) is 135 Å². The summed E-state index contributed by atoms with van der Waals surface area (Å²) in [5.41, 5.74) is 2.67. The Balaban J connectivity index is 1.14. The zero-order valence-electron chi connectivity index (χ0n) is 29.6. The summed E-state index contributed by atoms with van der Waals surface area (Å²) >= 11 is 14.2. The number of ether oxygens (including phenoxy) is 1. The molecular weight excluding hydrogens is 741 g/mol. The predicted octanol–water partition coefficient (Wildman–Crippen LogP) is 6.49. The van der Waals surface area contributed by atoms with E-state index in [9.17, 15) is 23.2 Å². The molecule has 5 aromatic rings. The third-order valence-electron chi connectivity index (χ3n) is 10.9. The molecule has 0 bridgehead atoms. The van der Waals surface area contributed by atoms with E-state index >= 15 is 0 Å². The van der Waals surface area contributed by atoms with Gasteiger partial charge in [0.05, 0.1) is 39.6 Å². The summed E-state index contributed by atoms with van der Waals surface area (Å²) < 4.78 is 35.9. The van der Waals surface area contributed by atoms with Gasteiger partial charge in [0.1, 0.15) is 16.9 Å². The highest BCUT2D eigenvalue weighted by atomic mass is 35.5. The largest absolute Gasteiger partial charge is 0.481 e. The number of benzene rings is 2. The van der Waals surface area contributed by atoms with E-state index in [0.29, 0.717) is 39.8 Å². The van der Waals surface area contributed by atoms with E-state index in [4.69, 9.17) is 32.9 Å². The molecule has 8 rings (SSSR count). The number of alkyl halides is 2. The standard InChI is InChI=1S/C38H36Cl2F2N8O4/c1-48-27-17-25(32(41)42)45-33(29(27)35(51)49(2)37(48)53)44-23-9-5-7-21(31(23)40)20-6-4-8-22(30(20)39)24-16-19-10-11-26(28(19)34(46-24)54-3)50-15-13-38(18-50)12-14-43-36(52)47-38/h4-9,16-17,26,32H,10-15,18H2,1-3H3,(H,44,45)(H2,43,47,52)/t26-,38+/m0/s1. The summed E-state index contributed by atoms with van der Waals surface area (Å²) in [5.74, 6) is 0.357. The molecule has 1 spiro atoms.